The van der Waals surface area contributed by atoms with Gasteiger partial charge in [0.15, 0.2) is 0 Å². The normalized spacial score (nSPS) is 12.3. The number of halogens is 1. The van der Waals surface area contributed by atoms with Crippen LogP contribution in [0.5, 0.6) is 0 Å². The van der Waals surface area contributed by atoms with Crippen LogP contribution in [0.15, 0.2) is 21.9 Å². The largest absolute Gasteiger partial charge is 0.361 e. The van der Waals surface area contributed by atoms with Crippen molar-refractivity contribution in [3.63, 3.8) is 0 Å². The minimum atomic E-state index is -3.75. The third-order valence-electron chi connectivity index (χ3n) is 2.55. The molecule has 0 aromatic carbocycles. The van der Waals surface area contributed by atoms with Gasteiger partial charge in [-0.1, -0.05) is 16.8 Å². The maximum absolute atomic E-state index is 12.3. The minimum Gasteiger partial charge on any atom is -0.361 e. The Balaban J connectivity index is 2.27. The van der Waals surface area contributed by atoms with Crippen LogP contribution in [0.3, 0.4) is 0 Å². The third kappa shape index (κ3) is 2.65. The number of imidazole rings is 1. The second kappa shape index (κ2) is 4.95. The lowest BCUT2D eigenvalue weighted by Crippen LogP contribution is -2.27. The Morgan fingerprint density at radius 1 is 1.53 bits per heavy atom. The summed E-state index contributed by atoms with van der Waals surface area (Å²) in [6.07, 6.45) is 1.35. The van der Waals surface area contributed by atoms with Crippen LogP contribution in [0, 0.1) is 6.92 Å². The first-order valence-corrected chi connectivity index (χ1v) is 7.19. The van der Waals surface area contributed by atoms with E-state index in [0.717, 1.165) is 4.31 Å². The maximum Gasteiger partial charge on any atom is 0.263 e. The van der Waals surface area contributed by atoms with E-state index in [1.807, 2.05) is 0 Å². The number of rotatable bonds is 4. The first-order valence-electron chi connectivity index (χ1n) is 5.37. The van der Waals surface area contributed by atoms with Crippen LogP contribution in [-0.4, -0.2) is 34.5 Å². The van der Waals surface area contributed by atoms with Crippen LogP contribution in [0.4, 0.5) is 0 Å². The zero-order chi connectivity index (χ0) is 14.2. The molecule has 0 saturated heterocycles. The molecule has 0 saturated carbocycles. The molecular weight excluding hydrogens is 292 g/mol. The summed E-state index contributed by atoms with van der Waals surface area (Å²) in [7, 11) is -0.695. The second-order valence-corrected chi connectivity index (χ2v) is 6.46. The third-order valence-corrected chi connectivity index (χ3v) is 4.85. The lowest BCUT2D eigenvalue weighted by atomic mass is 10.4. The monoisotopic (exact) mass is 304 g/mol. The van der Waals surface area contributed by atoms with Crippen molar-refractivity contribution in [2.24, 2.45) is 7.05 Å². The molecule has 7 nitrogen and oxygen atoms in total. The van der Waals surface area contributed by atoms with E-state index in [9.17, 15) is 8.42 Å². The lowest BCUT2D eigenvalue weighted by Gasteiger charge is -2.14. The van der Waals surface area contributed by atoms with Crippen molar-refractivity contribution >= 4 is 21.6 Å². The number of hydrogen-bond acceptors (Lipinski definition) is 5. The molecule has 0 unspecified atom stereocenters. The molecule has 0 N–H and O–H groups in total. The van der Waals surface area contributed by atoms with Gasteiger partial charge in [0.05, 0.1) is 18.6 Å². The van der Waals surface area contributed by atoms with Crippen molar-refractivity contribution in [3.05, 3.63) is 29.0 Å². The number of aromatic nitrogens is 3. The first kappa shape index (κ1) is 14.0. The topological polar surface area (TPSA) is 81.2 Å². The molecule has 0 radical (unpaired) electrons. The molecule has 0 fully saturated rings. The molecule has 9 heteroatoms. The highest BCUT2D eigenvalue weighted by Gasteiger charge is 2.27. The number of aryl methyl sites for hydroxylation is 2. The van der Waals surface area contributed by atoms with E-state index < -0.39 is 10.0 Å². The zero-order valence-corrected chi connectivity index (χ0v) is 12.2. The lowest BCUT2D eigenvalue weighted by molar-refractivity contribution is 0.378. The highest BCUT2D eigenvalue weighted by Crippen LogP contribution is 2.22. The smallest absolute Gasteiger partial charge is 0.263 e. The summed E-state index contributed by atoms with van der Waals surface area (Å²) in [4.78, 5) is 3.81. The Morgan fingerprint density at radius 2 is 2.21 bits per heavy atom. The summed E-state index contributed by atoms with van der Waals surface area (Å²) < 4.78 is 32.0. The van der Waals surface area contributed by atoms with Crippen molar-refractivity contribution in [2.75, 3.05) is 7.05 Å². The SMILES string of the molecule is Cc1cc(CN(C)S(=O)(=O)c2ncn(C)c2Cl)no1. The highest BCUT2D eigenvalue weighted by molar-refractivity contribution is 7.89. The van der Waals surface area contributed by atoms with E-state index in [4.69, 9.17) is 16.1 Å². The Hall–Kier alpha value is -1.38. The molecule has 2 aromatic rings. The molecule has 104 valence electrons. The highest BCUT2D eigenvalue weighted by atomic mass is 35.5. The van der Waals surface area contributed by atoms with E-state index in [1.54, 1.807) is 20.0 Å². The summed E-state index contributed by atoms with van der Waals surface area (Å²) in [6.45, 7) is 1.83. The molecule has 0 atom stereocenters. The Bertz CT molecular complexity index is 691. The summed E-state index contributed by atoms with van der Waals surface area (Å²) in [6, 6.07) is 1.67. The fourth-order valence-corrected chi connectivity index (χ4v) is 3.04. The molecule has 2 aromatic heterocycles. The fraction of sp³-hybridized carbons (Fsp3) is 0.400. The predicted octanol–water partition coefficient (Wildman–Crippen LogP) is 1.19. The number of hydrogen-bond donors (Lipinski definition) is 0. The van der Waals surface area contributed by atoms with Crippen LogP contribution in [0.2, 0.25) is 5.15 Å². The van der Waals surface area contributed by atoms with Crippen molar-refractivity contribution in [1.82, 2.24) is 19.0 Å². The van der Waals surface area contributed by atoms with Crippen LogP contribution in [0.1, 0.15) is 11.5 Å². The average Bonchev–Trinajstić information content (AvgIpc) is 2.87. The van der Waals surface area contributed by atoms with E-state index >= 15 is 0 Å². The molecule has 2 heterocycles. The van der Waals surface area contributed by atoms with Crippen LogP contribution in [0.25, 0.3) is 0 Å². The molecule has 19 heavy (non-hydrogen) atoms. The number of sulfonamides is 1. The average molecular weight is 305 g/mol. The van der Waals surface area contributed by atoms with Gasteiger partial charge in [-0.2, -0.15) is 4.31 Å². The maximum atomic E-state index is 12.3. The Morgan fingerprint density at radius 3 is 2.68 bits per heavy atom. The minimum absolute atomic E-state index is 0.0724. The van der Waals surface area contributed by atoms with E-state index in [2.05, 4.69) is 10.1 Å². The van der Waals surface area contributed by atoms with Gasteiger partial charge in [0.1, 0.15) is 10.9 Å². The Kier molecular flexibility index (Phi) is 3.66. The molecule has 2 rings (SSSR count). The molecule has 0 spiro atoms. The summed E-state index contributed by atoms with van der Waals surface area (Å²) in [5.74, 6) is 0.622. The summed E-state index contributed by atoms with van der Waals surface area (Å²) >= 11 is 5.90. The van der Waals surface area contributed by atoms with Gasteiger partial charge in [-0.25, -0.2) is 13.4 Å². The van der Waals surface area contributed by atoms with Crippen molar-refractivity contribution in [2.45, 2.75) is 18.5 Å². The summed E-state index contributed by atoms with van der Waals surface area (Å²) in [5.41, 5.74) is 0.524. The second-order valence-electron chi connectivity index (χ2n) is 4.14. The van der Waals surface area contributed by atoms with Crippen LogP contribution < -0.4 is 0 Å². The van der Waals surface area contributed by atoms with Crippen LogP contribution >= 0.6 is 11.6 Å². The van der Waals surface area contributed by atoms with Gasteiger partial charge < -0.3 is 9.09 Å². The van der Waals surface area contributed by atoms with E-state index in [0.29, 0.717) is 11.5 Å². The molecule has 0 bridgehead atoms. The zero-order valence-electron chi connectivity index (χ0n) is 10.7. The van der Waals surface area contributed by atoms with Crippen molar-refractivity contribution in [3.8, 4) is 0 Å². The van der Waals surface area contributed by atoms with Crippen molar-refractivity contribution < 1.29 is 12.9 Å². The quantitative estimate of drug-likeness (QED) is 0.847. The molecule has 0 amide bonds. The summed E-state index contributed by atoms with van der Waals surface area (Å²) in [5, 5.41) is 3.66. The first-order chi connectivity index (χ1) is 8.82. The van der Waals surface area contributed by atoms with Crippen molar-refractivity contribution in [1.29, 1.82) is 0 Å². The van der Waals surface area contributed by atoms with Gasteiger partial charge in [-0.3, -0.25) is 0 Å². The fourth-order valence-electron chi connectivity index (χ4n) is 1.52. The van der Waals surface area contributed by atoms with Gasteiger partial charge in [0, 0.05) is 20.2 Å². The van der Waals surface area contributed by atoms with E-state index in [-0.39, 0.29) is 16.7 Å². The van der Waals surface area contributed by atoms with E-state index in [1.165, 1.54) is 17.9 Å². The van der Waals surface area contributed by atoms with Gasteiger partial charge in [0.2, 0.25) is 5.03 Å². The van der Waals surface area contributed by atoms with Gasteiger partial charge in [0.25, 0.3) is 10.0 Å². The standard InChI is InChI=1S/C10H13ClN4O3S/c1-7-4-8(13-18-7)5-15(3)19(16,17)10-9(11)14(2)6-12-10/h4,6H,5H2,1-3H3. The molecular formula is C10H13ClN4O3S. The van der Waals surface area contributed by atoms with Gasteiger partial charge in [-0.05, 0) is 6.92 Å². The molecule has 0 aliphatic heterocycles. The molecule has 0 aliphatic carbocycles. The Labute approximate surface area is 115 Å². The van der Waals surface area contributed by atoms with Gasteiger partial charge >= 0.3 is 0 Å². The van der Waals surface area contributed by atoms with Crippen LogP contribution in [-0.2, 0) is 23.6 Å². The van der Waals surface area contributed by atoms with Gasteiger partial charge in [-0.15, -0.1) is 0 Å². The number of nitrogens with zero attached hydrogens (tertiary/aromatic N) is 4. The predicted molar refractivity (Wildman–Crippen MR) is 68.1 cm³/mol. The molecule has 0 aliphatic rings.